The Labute approximate surface area is 116 Å². The van der Waals surface area contributed by atoms with Gasteiger partial charge < -0.3 is 5.73 Å². The van der Waals surface area contributed by atoms with Crippen molar-refractivity contribution >= 4 is 11.3 Å². The molecule has 1 aliphatic carbocycles. The summed E-state index contributed by atoms with van der Waals surface area (Å²) >= 11 is 1.88. The minimum Gasteiger partial charge on any atom is -0.330 e. The Hall–Kier alpha value is -0.340. The molecule has 0 spiro atoms. The van der Waals surface area contributed by atoms with Gasteiger partial charge in [0.1, 0.15) is 0 Å². The van der Waals surface area contributed by atoms with Crippen LogP contribution in [0.3, 0.4) is 0 Å². The van der Waals surface area contributed by atoms with Crippen LogP contribution in [0.15, 0.2) is 11.4 Å². The van der Waals surface area contributed by atoms with Gasteiger partial charge in [0.05, 0.1) is 0 Å². The number of aryl methyl sites for hydroxylation is 1. The number of rotatable bonds is 2. The highest BCUT2D eigenvalue weighted by Gasteiger charge is 2.36. The third-order valence-corrected chi connectivity index (χ3v) is 5.68. The fourth-order valence-electron chi connectivity index (χ4n) is 3.46. The summed E-state index contributed by atoms with van der Waals surface area (Å²) < 4.78 is 0. The van der Waals surface area contributed by atoms with Gasteiger partial charge >= 0.3 is 0 Å². The minimum atomic E-state index is 0.432. The predicted octanol–water partition coefficient (Wildman–Crippen LogP) is 4.56. The van der Waals surface area contributed by atoms with E-state index < -0.39 is 0 Å². The molecule has 3 unspecified atom stereocenters. The third-order valence-electron chi connectivity index (χ3n) is 4.82. The Kier molecular flexibility index (Phi) is 4.18. The largest absolute Gasteiger partial charge is 0.330 e. The van der Waals surface area contributed by atoms with Gasteiger partial charge in [-0.1, -0.05) is 20.8 Å². The Morgan fingerprint density at radius 3 is 2.56 bits per heavy atom. The van der Waals surface area contributed by atoms with Crippen molar-refractivity contribution in [3.63, 3.8) is 0 Å². The molecular formula is C16H27NS. The maximum absolute atomic E-state index is 6.01. The van der Waals surface area contributed by atoms with Crippen LogP contribution in [0.2, 0.25) is 0 Å². The molecule has 2 rings (SSSR count). The van der Waals surface area contributed by atoms with Crippen LogP contribution in [0.4, 0.5) is 0 Å². The van der Waals surface area contributed by atoms with Crippen LogP contribution in [-0.2, 0) is 0 Å². The molecule has 0 radical (unpaired) electrons. The lowest BCUT2D eigenvalue weighted by Crippen LogP contribution is -2.34. The van der Waals surface area contributed by atoms with Crippen LogP contribution in [0.25, 0.3) is 0 Å². The van der Waals surface area contributed by atoms with Crippen LogP contribution in [0.5, 0.6) is 0 Å². The van der Waals surface area contributed by atoms with Crippen LogP contribution < -0.4 is 5.73 Å². The molecule has 102 valence electrons. The van der Waals surface area contributed by atoms with Gasteiger partial charge in [-0.15, -0.1) is 11.3 Å². The molecule has 1 aromatic rings. The summed E-state index contributed by atoms with van der Waals surface area (Å²) in [6, 6.07) is 2.33. The molecule has 1 heterocycles. The fourth-order valence-corrected chi connectivity index (χ4v) is 4.24. The highest BCUT2D eigenvalue weighted by Crippen LogP contribution is 2.47. The maximum atomic E-state index is 6.01. The maximum Gasteiger partial charge on any atom is 0.00491 e. The van der Waals surface area contributed by atoms with Crippen molar-refractivity contribution in [3.05, 3.63) is 21.9 Å². The average Bonchev–Trinajstić information content (AvgIpc) is 2.73. The monoisotopic (exact) mass is 265 g/mol. The first kappa shape index (κ1) is 14.1. The molecule has 2 N–H and O–H groups in total. The quantitative estimate of drug-likeness (QED) is 0.833. The van der Waals surface area contributed by atoms with E-state index >= 15 is 0 Å². The van der Waals surface area contributed by atoms with E-state index in [-0.39, 0.29) is 0 Å². The molecule has 1 saturated carbocycles. The van der Waals surface area contributed by atoms with Crippen LogP contribution >= 0.6 is 11.3 Å². The van der Waals surface area contributed by atoms with Gasteiger partial charge in [-0.2, -0.15) is 0 Å². The zero-order valence-electron chi connectivity index (χ0n) is 12.2. The number of nitrogens with two attached hydrogens (primary N) is 1. The van der Waals surface area contributed by atoms with E-state index in [1.165, 1.54) is 24.1 Å². The van der Waals surface area contributed by atoms with Gasteiger partial charge in [-0.25, -0.2) is 0 Å². The fraction of sp³-hybridized carbons (Fsp3) is 0.750. The summed E-state index contributed by atoms with van der Waals surface area (Å²) in [5.74, 6) is 2.22. The summed E-state index contributed by atoms with van der Waals surface area (Å²) in [5, 5.41) is 2.24. The topological polar surface area (TPSA) is 26.0 Å². The zero-order valence-corrected chi connectivity index (χ0v) is 13.0. The SMILES string of the molecule is Cc1sccc1C1CC(C(C)(C)C)CCC1CN. The molecule has 2 heteroatoms. The summed E-state index contributed by atoms with van der Waals surface area (Å²) in [4.78, 5) is 1.49. The zero-order chi connectivity index (χ0) is 13.3. The second-order valence-corrected chi connectivity index (χ2v) is 8.03. The van der Waals surface area contributed by atoms with E-state index in [4.69, 9.17) is 5.73 Å². The van der Waals surface area contributed by atoms with Crippen molar-refractivity contribution in [3.8, 4) is 0 Å². The third kappa shape index (κ3) is 2.80. The lowest BCUT2D eigenvalue weighted by atomic mass is 9.64. The molecule has 0 aromatic carbocycles. The van der Waals surface area contributed by atoms with Crippen LogP contribution in [0.1, 0.15) is 56.4 Å². The Balaban J connectivity index is 2.21. The van der Waals surface area contributed by atoms with Gasteiger partial charge in [0, 0.05) is 4.88 Å². The first-order valence-electron chi connectivity index (χ1n) is 7.17. The van der Waals surface area contributed by atoms with E-state index in [0.29, 0.717) is 17.3 Å². The predicted molar refractivity (Wildman–Crippen MR) is 81.1 cm³/mol. The minimum absolute atomic E-state index is 0.432. The lowest BCUT2D eigenvalue weighted by molar-refractivity contribution is 0.133. The molecule has 3 atom stereocenters. The van der Waals surface area contributed by atoms with Crippen molar-refractivity contribution in [2.75, 3.05) is 6.54 Å². The Morgan fingerprint density at radius 2 is 2.06 bits per heavy atom. The van der Waals surface area contributed by atoms with E-state index in [9.17, 15) is 0 Å². The molecular weight excluding hydrogens is 238 g/mol. The number of thiophene rings is 1. The van der Waals surface area contributed by atoms with Crippen molar-refractivity contribution in [1.82, 2.24) is 0 Å². The molecule has 18 heavy (non-hydrogen) atoms. The van der Waals surface area contributed by atoms with Gasteiger partial charge in [0.2, 0.25) is 0 Å². The molecule has 1 nitrogen and oxygen atoms in total. The van der Waals surface area contributed by atoms with Gasteiger partial charge in [0.15, 0.2) is 0 Å². The molecule has 0 amide bonds. The Bertz CT molecular complexity index is 388. The van der Waals surface area contributed by atoms with Gasteiger partial charge in [0.25, 0.3) is 0 Å². The molecule has 0 bridgehead atoms. The smallest absolute Gasteiger partial charge is 0.00491 e. The van der Waals surface area contributed by atoms with Crippen molar-refractivity contribution in [2.24, 2.45) is 23.0 Å². The number of hydrogen-bond acceptors (Lipinski definition) is 2. The standard InChI is InChI=1S/C16H27NS/c1-11-14(7-8-18-11)15-9-13(16(2,3)4)6-5-12(15)10-17/h7-8,12-13,15H,5-6,9-10,17H2,1-4H3. The van der Waals surface area contributed by atoms with E-state index in [1.54, 1.807) is 5.56 Å². The highest BCUT2D eigenvalue weighted by molar-refractivity contribution is 7.10. The highest BCUT2D eigenvalue weighted by atomic mass is 32.1. The second-order valence-electron chi connectivity index (χ2n) is 6.91. The van der Waals surface area contributed by atoms with Crippen LogP contribution in [0, 0.1) is 24.2 Å². The van der Waals surface area contributed by atoms with E-state index in [0.717, 1.165) is 12.5 Å². The van der Waals surface area contributed by atoms with Crippen LogP contribution in [-0.4, -0.2) is 6.54 Å². The van der Waals surface area contributed by atoms with Crippen molar-refractivity contribution < 1.29 is 0 Å². The summed E-state index contributed by atoms with van der Waals surface area (Å²) in [6.45, 7) is 10.3. The molecule has 0 aliphatic heterocycles. The number of hydrogen-bond donors (Lipinski definition) is 1. The summed E-state index contributed by atoms with van der Waals surface area (Å²) in [6.07, 6.45) is 3.98. The average molecular weight is 265 g/mol. The first-order valence-corrected chi connectivity index (χ1v) is 8.05. The molecule has 1 fully saturated rings. The molecule has 0 saturated heterocycles. The molecule has 1 aromatic heterocycles. The molecule has 1 aliphatic rings. The van der Waals surface area contributed by atoms with E-state index in [1.807, 2.05) is 11.3 Å². The lowest BCUT2D eigenvalue weighted by Gasteiger charge is -2.42. The van der Waals surface area contributed by atoms with Crippen molar-refractivity contribution in [2.45, 2.75) is 52.9 Å². The normalized spacial score (nSPS) is 29.5. The summed E-state index contributed by atoms with van der Waals surface area (Å²) in [7, 11) is 0. The van der Waals surface area contributed by atoms with E-state index in [2.05, 4.69) is 39.1 Å². The van der Waals surface area contributed by atoms with Gasteiger partial charge in [-0.05, 0) is 72.9 Å². The first-order chi connectivity index (χ1) is 8.43. The van der Waals surface area contributed by atoms with Crippen molar-refractivity contribution in [1.29, 1.82) is 0 Å². The Morgan fingerprint density at radius 1 is 1.33 bits per heavy atom. The summed E-state index contributed by atoms with van der Waals surface area (Å²) in [5.41, 5.74) is 8.01. The van der Waals surface area contributed by atoms with Gasteiger partial charge in [-0.3, -0.25) is 0 Å². The second kappa shape index (κ2) is 5.34.